The molecule has 0 spiro atoms. The minimum absolute atomic E-state index is 0.0438. The van der Waals surface area contributed by atoms with Crippen LogP contribution in [0.25, 0.3) is 11.3 Å². The molecule has 1 atom stereocenters. The molecule has 8 heteroatoms. The van der Waals surface area contributed by atoms with E-state index in [9.17, 15) is 4.79 Å². The Morgan fingerprint density at radius 3 is 2.67 bits per heavy atom. The normalized spacial score (nSPS) is 22.2. The summed E-state index contributed by atoms with van der Waals surface area (Å²) in [5.41, 5.74) is 3.28. The van der Waals surface area contributed by atoms with Gasteiger partial charge in [0.05, 0.1) is 12.3 Å². The van der Waals surface area contributed by atoms with Gasteiger partial charge in [0.15, 0.2) is 5.13 Å². The Kier molecular flexibility index (Phi) is 8.44. The minimum atomic E-state index is -0.0438. The van der Waals surface area contributed by atoms with E-state index < -0.39 is 0 Å². The minimum Gasteiger partial charge on any atom is -0.493 e. The molecule has 1 aromatic carbocycles. The van der Waals surface area contributed by atoms with E-state index in [0.29, 0.717) is 17.7 Å². The van der Waals surface area contributed by atoms with Crippen molar-refractivity contribution in [2.24, 2.45) is 5.92 Å². The van der Waals surface area contributed by atoms with Crippen LogP contribution in [-0.4, -0.2) is 85.2 Å². The third kappa shape index (κ3) is 6.21. The predicted molar refractivity (Wildman–Crippen MR) is 147 cm³/mol. The van der Waals surface area contributed by atoms with Crippen LogP contribution < -0.4 is 10.1 Å². The molecule has 2 amide bonds. The van der Waals surface area contributed by atoms with E-state index in [1.54, 1.807) is 0 Å². The summed E-state index contributed by atoms with van der Waals surface area (Å²) in [5, 5.41) is 5.74. The number of carbonyl (C=O) groups excluding carboxylic acids is 1. The first kappa shape index (κ1) is 25.5. The van der Waals surface area contributed by atoms with Gasteiger partial charge in [-0.1, -0.05) is 18.9 Å². The average Bonchev–Trinajstić information content (AvgIpc) is 3.58. The highest BCUT2D eigenvalue weighted by Gasteiger charge is 2.26. The number of benzene rings is 1. The number of nitrogens with one attached hydrogen (secondary N) is 1. The second-order valence-corrected chi connectivity index (χ2v) is 11.6. The van der Waals surface area contributed by atoms with Crippen molar-refractivity contribution in [2.45, 2.75) is 51.4 Å². The monoisotopic (exact) mass is 511 g/mol. The number of hydrogen-bond donors (Lipinski definition) is 1. The first-order chi connectivity index (χ1) is 17.6. The molecule has 2 aliphatic heterocycles. The fourth-order valence-corrected chi connectivity index (χ4v) is 6.79. The summed E-state index contributed by atoms with van der Waals surface area (Å²) in [4.78, 5) is 24.7. The number of urea groups is 1. The number of likely N-dealkylation sites (tertiary alicyclic amines) is 1. The third-order valence-corrected chi connectivity index (χ3v) is 8.78. The predicted octanol–water partition coefficient (Wildman–Crippen LogP) is 5.36. The topological polar surface area (TPSA) is 60.9 Å². The van der Waals surface area contributed by atoms with Crippen molar-refractivity contribution in [1.82, 2.24) is 19.7 Å². The second kappa shape index (κ2) is 11.9. The zero-order chi connectivity index (χ0) is 24.9. The molecule has 36 heavy (non-hydrogen) atoms. The van der Waals surface area contributed by atoms with Crippen molar-refractivity contribution in [3.63, 3.8) is 0 Å². The number of amides is 2. The lowest BCUT2D eigenvalue weighted by molar-refractivity contribution is 0.109. The van der Waals surface area contributed by atoms with Crippen molar-refractivity contribution in [3.8, 4) is 17.0 Å². The summed E-state index contributed by atoms with van der Waals surface area (Å²) in [7, 11) is 2.22. The van der Waals surface area contributed by atoms with Crippen LogP contribution in [0.5, 0.6) is 5.75 Å². The van der Waals surface area contributed by atoms with E-state index in [4.69, 9.17) is 9.72 Å². The summed E-state index contributed by atoms with van der Waals surface area (Å²) in [5.74, 6) is 2.25. The molecule has 2 aromatic rings. The lowest BCUT2D eigenvalue weighted by Crippen LogP contribution is -2.51. The summed E-state index contributed by atoms with van der Waals surface area (Å²) in [6.45, 7) is 9.63. The molecule has 3 aliphatic rings. The summed E-state index contributed by atoms with van der Waals surface area (Å²) in [6, 6.07) is 6.52. The van der Waals surface area contributed by atoms with E-state index in [0.717, 1.165) is 55.6 Å². The number of thiazole rings is 1. The van der Waals surface area contributed by atoms with Crippen molar-refractivity contribution >= 4 is 22.5 Å². The molecule has 0 bridgehead atoms. The average molecular weight is 512 g/mol. The van der Waals surface area contributed by atoms with Crippen LogP contribution in [0.15, 0.2) is 23.6 Å². The van der Waals surface area contributed by atoms with Gasteiger partial charge in [-0.15, -0.1) is 11.3 Å². The van der Waals surface area contributed by atoms with Gasteiger partial charge in [-0.05, 0) is 75.7 Å². The number of rotatable bonds is 7. The number of hydrogen-bond acceptors (Lipinski definition) is 6. The van der Waals surface area contributed by atoms with Crippen LogP contribution in [0.3, 0.4) is 0 Å². The molecule has 7 nitrogen and oxygen atoms in total. The molecule has 1 aliphatic carbocycles. The van der Waals surface area contributed by atoms with Crippen molar-refractivity contribution in [2.75, 3.05) is 64.8 Å². The summed E-state index contributed by atoms with van der Waals surface area (Å²) >= 11 is 1.49. The molecule has 0 radical (unpaired) electrons. The van der Waals surface area contributed by atoms with Crippen molar-refractivity contribution in [3.05, 3.63) is 29.1 Å². The molecule has 0 unspecified atom stereocenters. The first-order valence-corrected chi connectivity index (χ1v) is 14.7. The maximum atomic E-state index is 13.0. The van der Waals surface area contributed by atoms with Crippen LogP contribution >= 0.6 is 11.3 Å². The number of ether oxygens (including phenoxy) is 1. The van der Waals surface area contributed by atoms with Crippen molar-refractivity contribution < 1.29 is 9.53 Å². The lowest BCUT2D eigenvalue weighted by Gasteiger charge is -2.38. The maximum absolute atomic E-state index is 13.0. The van der Waals surface area contributed by atoms with E-state index in [-0.39, 0.29) is 6.03 Å². The van der Waals surface area contributed by atoms with Gasteiger partial charge in [0, 0.05) is 50.2 Å². The molecule has 1 saturated carbocycles. The number of piperidine rings is 1. The zero-order valence-corrected chi connectivity index (χ0v) is 22.7. The Bertz CT molecular complexity index is 1010. The van der Waals surface area contributed by atoms with Gasteiger partial charge < -0.3 is 14.5 Å². The Morgan fingerprint density at radius 2 is 1.92 bits per heavy atom. The van der Waals surface area contributed by atoms with Gasteiger partial charge >= 0.3 is 6.03 Å². The third-order valence-electron chi connectivity index (χ3n) is 8.02. The molecule has 3 fully saturated rings. The number of aromatic nitrogens is 1. The van der Waals surface area contributed by atoms with E-state index in [2.05, 4.69) is 40.4 Å². The number of nitrogens with zero attached hydrogens (tertiary/aromatic N) is 4. The Morgan fingerprint density at radius 1 is 1.11 bits per heavy atom. The maximum Gasteiger partial charge on any atom is 0.323 e. The Balaban J connectivity index is 1.18. The SMILES string of the molecule is CCOc1ccc(C2CCCC2)cc1-c1csc(NC(=O)N2CCN(C[C@@H]3CCCN(C)C3)CC2)n1. The molecule has 2 saturated heterocycles. The molecule has 5 rings (SSSR count). The highest BCUT2D eigenvalue weighted by atomic mass is 32.1. The largest absolute Gasteiger partial charge is 0.493 e. The van der Waals surface area contributed by atoms with Gasteiger partial charge in [-0.2, -0.15) is 0 Å². The van der Waals surface area contributed by atoms with Crippen LogP contribution in [0.2, 0.25) is 0 Å². The first-order valence-electron chi connectivity index (χ1n) is 13.8. The summed E-state index contributed by atoms with van der Waals surface area (Å²) in [6.07, 6.45) is 7.77. The molecular formula is C28H41N5O2S. The summed E-state index contributed by atoms with van der Waals surface area (Å²) < 4.78 is 5.93. The van der Waals surface area contributed by atoms with Crippen LogP contribution in [0.4, 0.5) is 9.93 Å². The van der Waals surface area contributed by atoms with Crippen LogP contribution in [0, 0.1) is 5.92 Å². The van der Waals surface area contributed by atoms with E-state index >= 15 is 0 Å². The molecule has 1 aromatic heterocycles. The fourth-order valence-electron chi connectivity index (χ4n) is 6.09. The van der Waals surface area contributed by atoms with Gasteiger partial charge in [0.25, 0.3) is 0 Å². The highest BCUT2D eigenvalue weighted by molar-refractivity contribution is 7.14. The Hall–Kier alpha value is -2.16. The van der Waals surface area contributed by atoms with Gasteiger partial charge in [0.1, 0.15) is 5.75 Å². The molecule has 196 valence electrons. The molecular weight excluding hydrogens is 470 g/mol. The van der Waals surface area contributed by atoms with E-state index in [1.807, 2.05) is 17.2 Å². The van der Waals surface area contributed by atoms with Gasteiger partial charge in [-0.3, -0.25) is 10.2 Å². The highest BCUT2D eigenvalue weighted by Crippen LogP contribution is 2.39. The van der Waals surface area contributed by atoms with Crippen LogP contribution in [0.1, 0.15) is 56.9 Å². The standard InChI is InChI=1S/C28H41N5O2S/c1-3-35-26-11-10-23(22-8-4-5-9-22)17-24(26)25-20-36-27(29-25)30-28(34)33-15-13-32(14-16-33)19-21-7-6-12-31(2)18-21/h10-11,17,20-22H,3-9,12-16,18-19H2,1-2H3,(H,29,30,34)/t21-/m1/s1. The number of anilines is 1. The van der Waals surface area contributed by atoms with Gasteiger partial charge in [-0.25, -0.2) is 9.78 Å². The fraction of sp³-hybridized carbons (Fsp3) is 0.643. The Labute approximate surface area is 219 Å². The smallest absolute Gasteiger partial charge is 0.323 e. The van der Waals surface area contributed by atoms with Gasteiger partial charge in [0.2, 0.25) is 0 Å². The van der Waals surface area contributed by atoms with Crippen molar-refractivity contribution in [1.29, 1.82) is 0 Å². The zero-order valence-electron chi connectivity index (χ0n) is 21.9. The second-order valence-electron chi connectivity index (χ2n) is 10.7. The number of piperazine rings is 1. The van der Waals surface area contributed by atoms with Crippen LogP contribution in [-0.2, 0) is 0 Å². The van der Waals surface area contributed by atoms with E-state index in [1.165, 1.54) is 68.5 Å². The molecule has 1 N–H and O–H groups in total. The molecule has 3 heterocycles. The quantitative estimate of drug-likeness (QED) is 0.542. The lowest BCUT2D eigenvalue weighted by atomic mass is 9.95. The number of carbonyl (C=O) groups is 1.